The van der Waals surface area contributed by atoms with Crippen molar-refractivity contribution in [1.82, 2.24) is 4.90 Å². The smallest absolute Gasteiger partial charge is 0.270 e. The van der Waals surface area contributed by atoms with E-state index in [0.717, 1.165) is 5.56 Å². The van der Waals surface area contributed by atoms with Gasteiger partial charge in [0, 0.05) is 36.8 Å². The summed E-state index contributed by atoms with van der Waals surface area (Å²) >= 11 is 0. The van der Waals surface area contributed by atoms with Gasteiger partial charge in [0.2, 0.25) is 0 Å². The molecule has 0 saturated carbocycles. The van der Waals surface area contributed by atoms with E-state index in [1.165, 1.54) is 19.2 Å². The minimum Gasteiger partial charge on any atom is -0.496 e. The van der Waals surface area contributed by atoms with Crippen molar-refractivity contribution in [2.75, 3.05) is 20.3 Å². The monoisotopic (exact) mass is 268 g/mol. The van der Waals surface area contributed by atoms with Crippen LogP contribution in [0.25, 0.3) is 0 Å². The zero-order valence-electron chi connectivity index (χ0n) is 11.5. The fourth-order valence-corrected chi connectivity index (χ4v) is 1.87. The van der Waals surface area contributed by atoms with E-state index in [-0.39, 0.29) is 18.3 Å². The summed E-state index contributed by atoms with van der Waals surface area (Å²) in [6, 6.07) is 4.78. The average molecular weight is 268 g/mol. The van der Waals surface area contributed by atoms with E-state index < -0.39 is 4.92 Å². The van der Waals surface area contributed by atoms with Crippen LogP contribution in [0.3, 0.4) is 0 Å². The van der Waals surface area contributed by atoms with Crippen molar-refractivity contribution in [3.05, 3.63) is 33.9 Å². The Morgan fingerprint density at radius 1 is 1.47 bits per heavy atom. The Morgan fingerprint density at radius 2 is 2.16 bits per heavy atom. The minimum absolute atomic E-state index is 0.0449. The lowest BCUT2D eigenvalue weighted by Crippen LogP contribution is -2.33. The number of aliphatic hydroxyl groups excluding tert-OH is 1. The summed E-state index contributed by atoms with van der Waals surface area (Å²) in [6.07, 6.45) is 0. The van der Waals surface area contributed by atoms with E-state index in [9.17, 15) is 10.1 Å². The molecule has 19 heavy (non-hydrogen) atoms. The molecule has 0 spiro atoms. The van der Waals surface area contributed by atoms with Crippen molar-refractivity contribution >= 4 is 5.69 Å². The van der Waals surface area contributed by atoms with Crippen molar-refractivity contribution in [1.29, 1.82) is 0 Å². The molecule has 1 aromatic carbocycles. The lowest BCUT2D eigenvalue weighted by Gasteiger charge is -2.26. The Morgan fingerprint density at radius 3 is 2.63 bits per heavy atom. The maximum absolute atomic E-state index is 10.8. The van der Waals surface area contributed by atoms with Gasteiger partial charge in [-0.3, -0.25) is 15.0 Å². The highest BCUT2D eigenvalue weighted by Crippen LogP contribution is 2.25. The summed E-state index contributed by atoms with van der Waals surface area (Å²) in [7, 11) is 1.54. The van der Waals surface area contributed by atoms with Crippen LogP contribution in [0, 0.1) is 10.1 Å². The van der Waals surface area contributed by atoms with E-state index >= 15 is 0 Å². The number of non-ortho nitro benzene ring substituents is 1. The zero-order chi connectivity index (χ0) is 14.4. The van der Waals surface area contributed by atoms with Gasteiger partial charge >= 0.3 is 0 Å². The Bertz CT molecular complexity index is 435. The van der Waals surface area contributed by atoms with Crippen molar-refractivity contribution in [3.63, 3.8) is 0 Å². The Hall–Kier alpha value is -1.66. The zero-order valence-corrected chi connectivity index (χ0v) is 11.5. The lowest BCUT2D eigenvalue weighted by molar-refractivity contribution is -0.385. The van der Waals surface area contributed by atoms with Gasteiger partial charge in [0.1, 0.15) is 5.75 Å². The van der Waals surface area contributed by atoms with Crippen LogP contribution in [0.4, 0.5) is 5.69 Å². The summed E-state index contributed by atoms with van der Waals surface area (Å²) in [5, 5.41) is 19.9. The van der Waals surface area contributed by atoms with Crippen LogP contribution in [0.5, 0.6) is 5.75 Å². The molecule has 0 aliphatic carbocycles. The molecule has 0 heterocycles. The van der Waals surface area contributed by atoms with Crippen LogP contribution in [0.1, 0.15) is 19.4 Å². The number of benzene rings is 1. The first-order chi connectivity index (χ1) is 8.99. The topological polar surface area (TPSA) is 75.8 Å². The highest BCUT2D eigenvalue weighted by molar-refractivity contribution is 5.43. The molecular weight excluding hydrogens is 248 g/mol. The van der Waals surface area contributed by atoms with Crippen LogP contribution < -0.4 is 4.74 Å². The van der Waals surface area contributed by atoms with Crippen LogP contribution >= 0.6 is 0 Å². The number of hydrogen-bond donors (Lipinski definition) is 1. The number of ether oxygens (including phenoxy) is 1. The summed E-state index contributed by atoms with van der Waals surface area (Å²) < 4.78 is 5.23. The molecule has 0 bridgehead atoms. The van der Waals surface area contributed by atoms with Crippen molar-refractivity contribution in [3.8, 4) is 5.75 Å². The molecule has 0 atom stereocenters. The standard InChI is InChI=1S/C13H20N2O4/c1-10(2)14(6-7-16)9-11-8-12(15(17)18)4-5-13(11)19-3/h4-5,8,10,16H,6-7,9H2,1-3H3. The second kappa shape index (κ2) is 7.06. The van der Waals surface area contributed by atoms with Crippen LogP contribution in [0.15, 0.2) is 18.2 Å². The molecule has 0 aliphatic heterocycles. The maximum Gasteiger partial charge on any atom is 0.270 e. The predicted molar refractivity (Wildman–Crippen MR) is 72.3 cm³/mol. The molecule has 0 fully saturated rings. The average Bonchev–Trinajstić information content (AvgIpc) is 2.37. The first kappa shape index (κ1) is 15.4. The second-order valence-corrected chi connectivity index (χ2v) is 4.54. The van der Waals surface area contributed by atoms with Crippen LogP contribution in [-0.4, -0.2) is 41.2 Å². The summed E-state index contributed by atoms with van der Waals surface area (Å²) in [6.45, 7) is 5.10. The van der Waals surface area contributed by atoms with Crippen molar-refractivity contribution in [2.45, 2.75) is 26.4 Å². The third-order valence-electron chi connectivity index (χ3n) is 2.97. The molecule has 1 rings (SSSR count). The first-order valence-electron chi connectivity index (χ1n) is 6.15. The Kier molecular flexibility index (Phi) is 5.72. The quantitative estimate of drug-likeness (QED) is 0.603. The van der Waals surface area contributed by atoms with Crippen molar-refractivity contribution in [2.24, 2.45) is 0 Å². The Labute approximate surface area is 112 Å². The lowest BCUT2D eigenvalue weighted by atomic mass is 10.1. The van der Waals surface area contributed by atoms with Gasteiger partial charge < -0.3 is 9.84 Å². The molecule has 1 N–H and O–H groups in total. The van der Waals surface area contributed by atoms with Gasteiger partial charge in [0.25, 0.3) is 5.69 Å². The molecule has 6 nitrogen and oxygen atoms in total. The summed E-state index contributed by atoms with van der Waals surface area (Å²) in [4.78, 5) is 12.4. The number of hydrogen-bond acceptors (Lipinski definition) is 5. The van der Waals surface area contributed by atoms with Gasteiger partial charge in [-0.25, -0.2) is 0 Å². The van der Waals surface area contributed by atoms with Gasteiger partial charge in [0.05, 0.1) is 18.6 Å². The molecule has 0 radical (unpaired) electrons. The van der Waals surface area contributed by atoms with Crippen LogP contribution in [0.2, 0.25) is 0 Å². The van der Waals surface area contributed by atoms with Crippen molar-refractivity contribution < 1.29 is 14.8 Å². The van der Waals surface area contributed by atoms with E-state index in [4.69, 9.17) is 9.84 Å². The second-order valence-electron chi connectivity index (χ2n) is 4.54. The molecule has 1 aromatic rings. The number of nitro benzene ring substituents is 1. The molecule has 0 aromatic heterocycles. The summed E-state index contributed by atoms with van der Waals surface area (Å²) in [5.74, 6) is 0.620. The predicted octanol–water partition coefficient (Wildman–Crippen LogP) is 1.81. The molecule has 6 heteroatoms. The van der Waals surface area contributed by atoms with E-state index in [1.54, 1.807) is 6.07 Å². The van der Waals surface area contributed by atoms with Gasteiger partial charge in [0.15, 0.2) is 0 Å². The fourth-order valence-electron chi connectivity index (χ4n) is 1.87. The number of aliphatic hydroxyl groups is 1. The number of nitrogens with zero attached hydrogens (tertiary/aromatic N) is 2. The van der Waals surface area contributed by atoms with Gasteiger partial charge in [-0.15, -0.1) is 0 Å². The molecule has 0 saturated heterocycles. The molecular formula is C13H20N2O4. The molecule has 0 aliphatic rings. The van der Waals surface area contributed by atoms with Gasteiger partial charge in [-0.1, -0.05) is 0 Å². The fraction of sp³-hybridized carbons (Fsp3) is 0.538. The van der Waals surface area contributed by atoms with E-state index in [0.29, 0.717) is 18.8 Å². The first-order valence-corrected chi connectivity index (χ1v) is 6.15. The highest BCUT2D eigenvalue weighted by Gasteiger charge is 2.16. The largest absolute Gasteiger partial charge is 0.496 e. The maximum atomic E-state index is 10.8. The third-order valence-corrected chi connectivity index (χ3v) is 2.97. The number of methoxy groups -OCH3 is 1. The van der Waals surface area contributed by atoms with E-state index in [2.05, 4.69) is 0 Å². The van der Waals surface area contributed by atoms with E-state index in [1.807, 2.05) is 18.7 Å². The van der Waals surface area contributed by atoms with Crippen LogP contribution in [-0.2, 0) is 6.54 Å². The number of rotatable bonds is 7. The molecule has 0 amide bonds. The molecule has 106 valence electrons. The SMILES string of the molecule is COc1ccc([N+](=O)[O-])cc1CN(CCO)C(C)C. The number of nitro groups is 1. The van der Waals surface area contributed by atoms with Gasteiger partial charge in [-0.05, 0) is 19.9 Å². The highest BCUT2D eigenvalue weighted by atomic mass is 16.6. The van der Waals surface area contributed by atoms with Gasteiger partial charge in [-0.2, -0.15) is 0 Å². The Balaban J connectivity index is 3.01. The normalized spacial score (nSPS) is 11.1. The molecule has 0 unspecified atom stereocenters. The summed E-state index contributed by atoms with van der Waals surface area (Å²) in [5.41, 5.74) is 0.794. The minimum atomic E-state index is -0.422. The third kappa shape index (κ3) is 4.18.